The van der Waals surface area contributed by atoms with Crippen LogP contribution in [0.15, 0.2) is 12.1 Å². The van der Waals surface area contributed by atoms with E-state index in [-0.39, 0.29) is 0 Å². The molecule has 0 radical (unpaired) electrons. The second-order valence-corrected chi connectivity index (χ2v) is 4.94. The summed E-state index contributed by atoms with van der Waals surface area (Å²) in [7, 11) is 3.13. The first-order valence-electron chi connectivity index (χ1n) is 6.21. The highest BCUT2D eigenvalue weighted by atomic mass is 16.5. The highest BCUT2D eigenvalue weighted by Crippen LogP contribution is 2.38. The zero-order chi connectivity index (χ0) is 14.5. The fourth-order valence-electron chi connectivity index (χ4n) is 1.60. The van der Waals surface area contributed by atoms with Gasteiger partial charge in [-0.1, -0.05) is 0 Å². The van der Waals surface area contributed by atoms with E-state index in [0.29, 0.717) is 36.8 Å². The first-order chi connectivity index (χ1) is 8.91. The first kappa shape index (κ1) is 15.6. The Morgan fingerprint density at radius 1 is 1.16 bits per heavy atom. The van der Waals surface area contributed by atoms with Crippen molar-refractivity contribution in [1.82, 2.24) is 0 Å². The van der Waals surface area contributed by atoms with Crippen LogP contribution in [0.2, 0.25) is 0 Å². The number of aliphatic hydroxyl groups is 1. The molecule has 0 amide bonds. The number of ether oxygens (including phenoxy) is 3. The minimum absolute atomic E-state index is 0.373. The molecule has 0 atom stereocenters. The average molecular weight is 269 g/mol. The van der Waals surface area contributed by atoms with Gasteiger partial charge in [-0.2, -0.15) is 0 Å². The van der Waals surface area contributed by atoms with Crippen LogP contribution in [-0.2, 0) is 6.54 Å². The van der Waals surface area contributed by atoms with Gasteiger partial charge in [0.05, 0.1) is 26.4 Å². The summed E-state index contributed by atoms with van der Waals surface area (Å²) < 4.78 is 16.3. The second kappa shape index (κ2) is 6.63. The van der Waals surface area contributed by atoms with Crippen molar-refractivity contribution >= 4 is 0 Å². The minimum Gasteiger partial charge on any atom is -0.493 e. The molecule has 0 aliphatic rings. The van der Waals surface area contributed by atoms with Crippen LogP contribution in [0, 0.1) is 0 Å². The molecule has 5 heteroatoms. The Kier molecular flexibility index (Phi) is 5.44. The van der Waals surface area contributed by atoms with E-state index in [2.05, 4.69) is 0 Å². The van der Waals surface area contributed by atoms with E-state index >= 15 is 0 Å². The molecule has 0 saturated carbocycles. The third kappa shape index (κ3) is 4.61. The molecule has 1 aromatic carbocycles. The van der Waals surface area contributed by atoms with E-state index in [1.807, 2.05) is 12.1 Å². The predicted molar refractivity (Wildman–Crippen MR) is 73.8 cm³/mol. The molecule has 0 aromatic heterocycles. The first-order valence-corrected chi connectivity index (χ1v) is 6.21. The van der Waals surface area contributed by atoms with Crippen molar-refractivity contribution in [3.63, 3.8) is 0 Å². The van der Waals surface area contributed by atoms with Crippen molar-refractivity contribution in [2.24, 2.45) is 5.73 Å². The number of methoxy groups -OCH3 is 2. The molecule has 0 heterocycles. The quantitative estimate of drug-likeness (QED) is 0.788. The summed E-state index contributed by atoms with van der Waals surface area (Å²) >= 11 is 0. The van der Waals surface area contributed by atoms with Crippen LogP contribution in [-0.4, -0.2) is 31.5 Å². The number of nitrogens with two attached hydrogens (primary N) is 1. The van der Waals surface area contributed by atoms with Crippen molar-refractivity contribution in [1.29, 1.82) is 0 Å². The van der Waals surface area contributed by atoms with E-state index < -0.39 is 5.60 Å². The fraction of sp³-hybridized carbons (Fsp3) is 0.571. The van der Waals surface area contributed by atoms with E-state index in [0.717, 1.165) is 5.56 Å². The van der Waals surface area contributed by atoms with E-state index in [9.17, 15) is 5.11 Å². The molecular weight excluding hydrogens is 246 g/mol. The van der Waals surface area contributed by atoms with E-state index in [4.69, 9.17) is 19.9 Å². The van der Waals surface area contributed by atoms with Crippen LogP contribution in [0.4, 0.5) is 0 Å². The highest BCUT2D eigenvalue weighted by molar-refractivity contribution is 5.53. The Morgan fingerprint density at radius 2 is 1.68 bits per heavy atom. The summed E-state index contributed by atoms with van der Waals surface area (Å²) in [6.45, 7) is 4.25. The van der Waals surface area contributed by atoms with Gasteiger partial charge in [0.1, 0.15) is 0 Å². The summed E-state index contributed by atoms with van der Waals surface area (Å²) in [6.07, 6.45) is 0.512. The molecule has 0 unspecified atom stereocenters. The molecule has 0 aliphatic carbocycles. The smallest absolute Gasteiger partial charge is 0.203 e. The standard InChI is InChI=1S/C14H23NO4/c1-14(2,16)5-6-19-13-11(17-3)7-10(9-15)8-12(13)18-4/h7-8,16H,5-6,9,15H2,1-4H3. The molecule has 0 fully saturated rings. The average Bonchev–Trinajstić information content (AvgIpc) is 2.37. The lowest BCUT2D eigenvalue weighted by Crippen LogP contribution is -2.22. The van der Waals surface area contributed by atoms with Gasteiger partial charge >= 0.3 is 0 Å². The molecule has 108 valence electrons. The van der Waals surface area contributed by atoms with Gasteiger partial charge in [-0.05, 0) is 31.5 Å². The summed E-state index contributed by atoms with van der Waals surface area (Å²) in [6, 6.07) is 3.64. The molecule has 1 aromatic rings. The number of hydrogen-bond acceptors (Lipinski definition) is 5. The Hall–Kier alpha value is -1.46. The third-order valence-electron chi connectivity index (χ3n) is 2.72. The topological polar surface area (TPSA) is 73.9 Å². The Balaban J connectivity index is 2.91. The summed E-state index contributed by atoms with van der Waals surface area (Å²) in [5, 5.41) is 9.67. The lowest BCUT2D eigenvalue weighted by atomic mass is 10.1. The van der Waals surface area contributed by atoms with E-state index in [1.54, 1.807) is 28.1 Å². The van der Waals surface area contributed by atoms with Crippen LogP contribution in [0.25, 0.3) is 0 Å². The molecule has 0 saturated heterocycles. The second-order valence-electron chi connectivity index (χ2n) is 4.94. The lowest BCUT2D eigenvalue weighted by Gasteiger charge is -2.19. The van der Waals surface area contributed by atoms with Gasteiger partial charge in [-0.15, -0.1) is 0 Å². The molecule has 0 aliphatic heterocycles. The highest BCUT2D eigenvalue weighted by Gasteiger charge is 2.16. The Labute approximate surface area is 114 Å². The number of hydrogen-bond donors (Lipinski definition) is 2. The molecule has 3 N–H and O–H groups in total. The van der Waals surface area contributed by atoms with Crippen molar-refractivity contribution in [2.75, 3.05) is 20.8 Å². The predicted octanol–water partition coefficient (Wildman–Crippen LogP) is 1.70. The summed E-state index contributed by atoms with van der Waals surface area (Å²) in [5.41, 5.74) is 5.76. The molecule has 19 heavy (non-hydrogen) atoms. The largest absolute Gasteiger partial charge is 0.493 e. The van der Waals surface area contributed by atoms with Gasteiger partial charge in [0.15, 0.2) is 11.5 Å². The summed E-state index contributed by atoms with van der Waals surface area (Å²) in [4.78, 5) is 0. The Morgan fingerprint density at radius 3 is 2.05 bits per heavy atom. The SMILES string of the molecule is COc1cc(CN)cc(OC)c1OCCC(C)(C)O. The van der Waals surface area contributed by atoms with Gasteiger partial charge in [-0.25, -0.2) is 0 Å². The van der Waals surface area contributed by atoms with Gasteiger partial charge in [-0.3, -0.25) is 0 Å². The molecule has 1 rings (SSSR count). The maximum Gasteiger partial charge on any atom is 0.203 e. The zero-order valence-electron chi connectivity index (χ0n) is 12.0. The van der Waals surface area contributed by atoms with Crippen LogP contribution in [0.3, 0.4) is 0 Å². The maximum atomic E-state index is 9.67. The van der Waals surface area contributed by atoms with Crippen LogP contribution < -0.4 is 19.9 Å². The molecular formula is C14H23NO4. The van der Waals surface area contributed by atoms with Gasteiger partial charge in [0.25, 0.3) is 0 Å². The van der Waals surface area contributed by atoms with Crippen molar-refractivity contribution in [3.8, 4) is 17.2 Å². The van der Waals surface area contributed by atoms with Crippen molar-refractivity contribution in [3.05, 3.63) is 17.7 Å². The van der Waals surface area contributed by atoms with Crippen molar-refractivity contribution < 1.29 is 19.3 Å². The fourth-order valence-corrected chi connectivity index (χ4v) is 1.60. The maximum absolute atomic E-state index is 9.67. The van der Waals surface area contributed by atoms with Crippen LogP contribution in [0.5, 0.6) is 17.2 Å². The van der Waals surface area contributed by atoms with E-state index in [1.165, 1.54) is 0 Å². The van der Waals surface area contributed by atoms with Crippen LogP contribution >= 0.6 is 0 Å². The lowest BCUT2D eigenvalue weighted by molar-refractivity contribution is 0.0544. The van der Waals surface area contributed by atoms with Gasteiger partial charge in [0.2, 0.25) is 5.75 Å². The van der Waals surface area contributed by atoms with Gasteiger partial charge in [0, 0.05) is 13.0 Å². The molecule has 0 bridgehead atoms. The van der Waals surface area contributed by atoms with Crippen LogP contribution in [0.1, 0.15) is 25.8 Å². The molecule has 5 nitrogen and oxygen atoms in total. The monoisotopic (exact) mass is 269 g/mol. The zero-order valence-corrected chi connectivity index (χ0v) is 12.0. The Bertz CT molecular complexity index is 387. The number of rotatable bonds is 7. The third-order valence-corrected chi connectivity index (χ3v) is 2.72. The minimum atomic E-state index is -0.766. The summed E-state index contributed by atoms with van der Waals surface area (Å²) in [5.74, 6) is 1.69. The normalized spacial score (nSPS) is 11.3. The van der Waals surface area contributed by atoms with Crippen molar-refractivity contribution in [2.45, 2.75) is 32.4 Å². The number of benzene rings is 1. The van der Waals surface area contributed by atoms with Gasteiger partial charge < -0.3 is 25.1 Å². The molecule has 0 spiro atoms.